The first kappa shape index (κ1) is 21.1. The van der Waals surface area contributed by atoms with E-state index < -0.39 is 30.6 Å². The lowest BCUT2D eigenvalue weighted by molar-refractivity contribution is -0.141. The molecular weight excluding hydrogens is 412 g/mol. The summed E-state index contributed by atoms with van der Waals surface area (Å²) in [6.45, 7) is -0.275. The number of carbonyl (C=O) groups excluding carboxylic acids is 2. The molecule has 3 aromatic rings. The number of nitrogens with one attached hydrogen (secondary N) is 3. The quantitative estimate of drug-likeness (QED) is 0.429. The van der Waals surface area contributed by atoms with E-state index >= 15 is 0 Å². The molecule has 0 saturated heterocycles. The van der Waals surface area contributed by atoms with Gasteiger partial charge in [0, 0.05) is 24.2 Å². The fraction of sp³-hybridized carbons (Fsp3) is 0.217. The zero-order chi connectivity index (χ0) is 22.5. The number of aromatic nitrogens is 2. The third-order valence-electron chi connectivity index (χ3n) is 5.35. The van der Waals surface area contributed by atoms with Gasteiger partial charge in [0.15, 0.2) is 0 Å². The van der Waals surface area contributed by atoms with Crippen LogP contribution in [0.1, 0.15) is 22.7 Å². The normalized spacial score (nSPS) is 13.0. The fourth-order valence-electron chi connectivity index (χ4n) is 3.86. The van der Waals surface area contributed by atoms with Crippen molar-refractivity contribution in [1.82, 2.24) is 20.6 Å². The highest BCUT2D eigenvalue weighted by atomic mass is 16.5. The molecule has 1 atom stereocenters. The van der Waals surface area contributed by atoms with Crippen LogP contribution in [0, 0.1) is 0 Å². The predicted octanol–water partition coefficient (Wildman–Crippen LogP) is 2.06. The number of aromatic amines is 1. The summed E-state index contributed by atoms with van der Waals surface area (Å²) in [5.74, 6) is -1.91. The summed E-state index contributed by atoms with van der Waals surface area (Å²) >= 11 is 0. The maximum Gasteiger partial charge on any atom is 0.407 e. The Labute approximate surface area is 183 Å². The molecule has 0 radical (unpaired) electrons. The van der Waals surface area contributed by atoms with E-state index in [1.807, 2.05) is 48.5 Å². The Morgan fingerprint density at radius 3 is 2.31 bits per heavy atom. The number of carboxylic acids is 1. The van der Waals surface area contributed by atoms with Crippen LogP contribution in [0.2, 0.25) is 0 Å². The molecule has 9 heteroatoms. The van der Waals surface area contributed by atoms with Gasteiger partial charge in [0.25, 0.3) is 0 Å². The maximum atomic E-state index is 12.2. The number of carbonyl (C=O) groups is 3. The molecule has 4 rings (SSSR count). The van der Waals surface area contributed by atoms with Crippen molar-refractivity contribution in [2.75, 3.05) is 13.2 Å². The van der Waals surface area contributed by atoms with Gasteiger partial charge in [0.1, 0.15) is 19.2 Å². The summed E-state index contributed by atoms with van der Waals surface area (Å²) in [6, 6.07) is 14.8. The summed E-state index contributed by atoms with van der Waals surface area (Å²) in [5.41, 5.74) is 4.98. The zero-order valence-corrected chi connectivity index (χ0v) is 17.1. The van der Waals surface area contributed by atoms with Crippen LogP contribution in [0.3, 0.4) is 0 Å². The molecule has 0 aliphatic heterocycles. The standard InChI is InChI=1S/C23H22N4O5/c28-21(27-20(22(29)30)9-14-10-24-13-26-14)11-25-23(31)32-12-19-17-7-3-1-5-15(17)16-6-2-4-8-18(16)19/h1-8,10,13,19-20H,9,11-12H2,(H,24,26)(H,25,31)(H,27,28)(H,29,30)/t20-/m0/s1. The number of aliphatic carboxylic acids is 1. The van der Waals surface area contributed by atoms with Crippen LogP contribution in [0.4, 0.5) is 4.79 Å². The van der Waals surface area contributed by atoms with Crippen molar-refractivity contribution in [2.45, 2.75) is 18.4 Å². The average Bonchev–Trinajstić information content (AvgIpc) is 3.42. The van der Waals surface area contributed by atoms with Crippen molar-refractivity contribution in [3.8, 4) is 11.1 Å². The minimum absolute atomic E-state index is 0.0476. The Bertz CT molecular complexity index is 1080. The Morgan fingerprint density at radius 1 is 1.06 bits per heavy atom. The molecule has 2 amide bonds. The molecule has 164 valence electrons. The number of hydrogen-bond acceptors (Lipinski definition) is 5. The van der Waals surface area contributed by atoms with Crippen molar-refractivity contribution in [1.29, 1.82) is 0 Å². The molecule has 2 aromatic carbocycles. The largest absolute Gasteiger partial charge is 0.480 e. The van der Waals surface area contributed by atoms with Gasteiger partial charge in [-0.3, -0.25) is 4.79 Å². The van der Waals surface area contributed by atoms with Crippen LogP contribution >= 0.6 is 0 Å². The molecule has 0 fully saturated rings. The number of ether oxygens (including phenoxy) is 1. The van der Waals surface area contributed by atoms with E-state index in [9.17, 15) is 19.5 Å². The number of nitrogens with zero attached hydrogens (tertiary/aromatic N) is 1. The fourth-order valence-corrected chi connectivity index (χ4v) is 3.86. The molecule has 0 unspecified atom stereocenters. The molecule has 1 aromatic heterocycles. The number of carboxylic acid groups (broad SMARTS) is 1. The molecular formula is C23H22N4O5. The molecule has 9 nitrogen and oxygen atoms in total. The Morgan fingerprint density at radius 2 is 1.72 bits per heavy atom. The summed E-state index contributed by atoms with van der Waals surface area (Å²) < 4.78 is 5.37. The molecule has 1 aliphatic rings. The van der Waals surface area contributed by atoms with E-state index in [1.54, 1.807) is 0 Å². The highest BCUT2D eigenvalue weighted by Crippen LogP contribution is 2.44. The zero-order valence-electron chi connectivity index (χ0n) is 17.1. The van der Waals surface area contributed by atoms with Crippen molar-refractivity contribution < 1.29 is 24.2 Å². The topological polar surface area (TPSA) is 133 Å². The van der Waals surface area contributed by atoms with Crippen LogP contribution < -0.4 is 10.6 Å². The third-order valence-corrected chi connectivity index (χ3v) is 5.35. The van der Waals surface area contributed by atoms with Crippen molar-refractivity contribution in [2.24, 2.45) is 0 Å². The van der Waals surface area contributed by atoms with Crippen LogP contribution in [0.15, 0.2) is 61.1 Å². The molecule has 1 aliphatic carbocycles. The highest BCUT2D eigenvalue weighted by Gasteiger charge is 2.29. The number of imidazole rings is 1. The minimum Gasteiger partial charge on any atom is -0.480 e. The molecule has 0 saturated carbocycles. The van der Waals surface area contributed by atoms with E-state index in [4.69, 9.17) is 4.74 Å². The van der Waals surface area contributed by atoms with E-state index in [1.165, 1.54) is 12.5 Å². The first-order chi connectivity index (χ1) is 15.5. The molecule has 0 spiro atoms. The number of alkyl carbamates (subject to hydrolysis) is 1. The van der Waals surface area contributed by atoms with Gasteiger partial charge in [0.05, 0.1) is 6.33 Å². The maximum absolute atomic E-state index is 12.2. The van der Waals surface area contributed by atoms with Gasteiger partial charge >= 0.3 is 12.1 Å². The van der Waals surface area contributed by atoms with Crippen LogP contribution in [-0.4, -0.2) is 52.2 Å². The predicted molar refractivity (Wildman–Crippen MR) is 115 cm³/mol. The van der Waals surface area contributed by atoms with Gasteiger partial charge < -0.3 is 25.5 Å². The SMILES string of the molecule is O=C(CNC(=O)OCC1c2ccccc2-c2ccccc21)N[C@@H](Cc1cnc[nH]1)C(=O)O. The highest BCUT2D eigenvalue weighted by molar-refractivity contribution is 5.86. The molecule has 0 bridgehead atoms. The van der Waals surface area contributed by atoms with E-state index in [-0.39, 0.29) is 18.9 Å². The average molecular weight is 434 g/mol. The lowest BCUT2D eigenvalue weighted by atomic mass is 9.98. The van der Waals surface area contributed by atoms with E-state index in [0.29, 0.717) is 5.69 Å². The lowest BCUT2D eigenvalue weighted by Gasteiger charge is -2.16. The summed E-state index contributed by atoms with van der Waals surface area (Å²) in [6.07, 6.45) is 2.21. The Kier molecular flexibility index (Phi) is 6.16. The van der Waals surface area contributed by atoms with Crippen LogP contribution in [0.5, 0.6) is 0 Å². The first-order valence-electron chi connectivity index (χ1n) is 10.1. The van der Waals surface area contributed by atoms with Gasteiger partial charge in [-0.1, -0.05) is 48.5 Å². The third kappa shape index (κ3) is 4.61. The summed E-state index contributed by atoms with van der Waals surface area (Å²) in [4.78, 5) is 42.3. The van der Waals surface area contributed by atoms with Gasteiger partial charge in [0.2, 0.25) is 5.91 Å². The first-order valence-corrected chi connectivity index (χ1v) is 10.1. The number of fused-ring (bicyclic) bond motifs is 3. The Hall–Kier alpha value is -4.14. The molecule has 1 heterocycles. The summed E-state index contributed by atoms with van der Waals surface area (Å²) in [5, 5.41) is 14.1. The van der Waals surface area contributed by atoms with Gasteiger partial charge in [-0.2, -0.15) is 0 Å². The Balaban J connectivity index is 1.29. The van der Waals surface area contributed by atoms with Gasteiger partial charge in [-0.05, 0) is 22.3 Å². The number of H-pyrrole nitrogens is 1. The number of hydrogen-bond donors (Lipinski definition) is 4. The second-order valence-corrected chi connectivity index (χ2v) is 7.42. The van der Waals surface area contributed by atoms with Crippen molar-refractivity contribution in [3.05, 3.63) is 77.9 Å². The monoisotopic (exact) mass is 434 g/mol. The van der Waals surface area contributed by atoms with Crippen LogP contribution in [0.25, 0.3) is 11.1 Å². The smallest absolute Gasteiger partial charge is 0.407 e. The number of amides is 2. The lowest BCUT2D eigenvalue weighted by Crippen LogP contribution is -2.46. The number of rotatable bonds is 8. The summed E-state index contributed by atoms with van der Waals surface area (Å²) in [7, 11) is 0. The van der Waals surface area contributed by atoms with Crippen LogP contribution in [-0.2, 0) is 20.7 Å². The second kappa shape index (κ2) is 9.34. The molecule has 4 N–H and O–H groups in total. The second-order valence-electron chi connectivity index (χ2n) is 7.42. The van der Waals surface area contributed by atoms with E-state index in [0.717, 1.165) is 22.3 Å². The number of benzene rings is 2. The van der Waals surface area contributed by atoms with Gasteiger partial charge in [-0.15, -0.1) is 0 Å². The van der Waals surface area contributed by atoms with Crippen molar-refractivity contribution in [3.63, 3.8) is 0 Å². The van der Waals surface area contributed by atoms with Gasteiger partial charge in [-0.25, -0.2) is 14.6 Å². The molecule has 32 heavy (non-hydrogen) atoms. The van der Waals surface area contributed by atoms with Crippen molar-refractivity contribution >= 4 is 18.0 Å². The van der Waals surface area contributed by atoms with E-state index in [2.05, 4.69) is 20.6 Å². The minimum atomic E-state index is -1.19.